The number of aromatic nitrogens is 2. The number of nitrogens with one attached hydrogen (secondary N) is 1. The highest BCUT2D eigenvalue weighted by Gasteiger charge is 2.28. The molecular weight excluding hydrogens is 266 g/mol. The maximum atomic E-state index is 12.2. The first-order chi connectivity index (χ1) is 9.87. The third kappa shape index (κ3) is 4.39. The van der Waals surface area contributed by atoms with Crippen LogP contribution in [0.25, 0.3) is 0 Å². The van der Waals surface area contributed by atoms with Gasteiger partial charge in [-0.1, -0.05) is 0 Å². The first-order valence-corrected chi connectivity index (χ1v) is 7.45. The first kappa shape index (κ1) is 15.7. The standard InChI is InChI=1S/C15H25N5O/c1-12(13(21)18-15(2,3)4)19-8-10-20(11-9-19)14-16-6-5-7-17-14/h5-7,12H,8-11H2,1-4H3,(H,18,21)/t12-/m0/s1. The van der Waals surface area contributed by atoms with Crippen LogP contribution in [0.3, 0.4) is 0 Å². The minimum absolute atomic E-state index is 0.0897. The molecule has 0 radical (unpaired) electrons. The van der Waals surface area contributed by atoms with Gasteiger partial charge in [-0.05, 0) is 33.8 Å². The summed E-state index contributed by atoms with van der Waals surface area (Å²) in [5.74, 6) is 0.857. The fourth-order valence-corrected chi connectivity index (χ4v) is 2.40. The second-order valence-electron chi connectivity index (χ2n) is 6.49. The van der Waals surface area contributed by atoms with Gasteiger partial charge in [-0.3, -0.25) is 9.69 Å². The topological polar surface area (TPSA) is 61.4 Å². The minimum atomic E-state index is -0.189. The van der Waals surface area contributed by atoms with E-state index in [1.54, 1.807) is 12.4 Å². The molecular formula is C15H25N5O. The summed E-state index contributed by atoms with van der Waals surface area (Å²) in [5, 5.41) is 3.04. The van der Waals surface area contributed by atoms with Crippen LogP contribution in [0.1, 0.15) is 27.7 Å². The Morgan fingerprint density at radius 1 is 1.19 bits per heavy atom. The molecule has 2 rings (SSSR count). The summed E-state index contributed by atoms with van der Waals surface area (Å²) in [5.41, 5.74) is -0.189. The number of hydrogen-bond acceptors (Lipinski definition) is 5. The predicted octanol–water partition coefficient (Wildman–Crippen LogP) is 0.902. The van der Waals surface area contributed by atoms with Crippen LogP contribution in [0.4, 0.5) is 5.95 Å². The summed E-state index contributed by atoms with van der Waals surface area (Å²) in [4.78, 5) is 25.1. The van der Waals surface area contributed by atoms with E-state index in [9.17, 15) is 4.79 Å². The number of nitrogens with zero attached hydrogens (tertiary/aromatic N) is 4. The van der Waals surface area contributed by atoms with E-state index in [0.29, 0.717) is 0 Å². The maximum absolute atomic E-state index is 12.2. The SMILES string of the molecule is C[C@@H](C(=O)NC(C)(C)C)N1CCN(c2ncccn2)CC1. The summed E-state index contributed by atoms with van der Waals surface area (Å²) in [6.07, 6.45) is 3.52. The van der Waals surface area contributed by atoms with Gasteiger partial charge in [0, 0.05) is 44.1 Å². The summed E-state index contributed by atoms with van der Waals surface area (Å²) in [6.45, 7) is 11.4. The average Bonchev–Trinajstić information content (AvgIpc) is 2.46. The predicted molar refractivity (Wildman–Crippen MR) is 83.2 cm³/mol. The van der Waals surface area contributed by atoms with Gasteiger partial charge in [-0.15, -0.1) is 0 Å². The zero-order valence-corrected chi connectivity index (χ0v) is 13.3. The molecule has 116 valence electrons. The first-order valence-electron chi connectivity index (χ1n) is 7.45. The van der Waals surface area contributed by atoms with E-state index in [0.717, 1.165) is 32.1 Å². The second kappa shape index (κ2) is 6.39. The number of carbonyl (C=O) groups is 1. The van der Waals surface area contributed by atoms with Gasteiger partial charge in [-0.25, -0.2) is 9.97 Å². The van der Waals surface area contributed by atoms with Crippen molar-refractivity contribution in [3.63, 3.8) is 0 Å². The van der Waals surface area contributed by atoms with Gasteiger partial charge < -0.3 is 10.2 Å². The molecule has 1 saturated heterocycles. The van der Waals surface area contributed by atoms with E-state index in [1.807, 2.05) is 33.8 Å². The van der Waals surface area contributed by atoms with E-state index in [1.165, 1.54) is 0 Å². The van der Waals surface area contributed by atoms with Crippen LogP contribution in [-0.4, -0.2) is 58.5 Å². The summed E-state index contributed by atoms with van der Waals surface area (Å²) >= 11 is 0. The van der Waals surface area contributed by atoms with Crippen LogP contribution >= 0.6 is 0 Å². The van der Waals surface area contributed by atoms with E-state index >= 15 is 0 Å². The van der Waals surface area contributed by atoms with Gasteiger partial charge in [0.05, 0.1) is 6.04 Å². The number of amides is 1. The molecule has 0 aliphatic carbocycles. The highest BCUT2D eigenvalue weighted by atomic mass is 16.2. The monoisotopic (exact) mass is 291 g/mol. The molecule has 1 aliphatic heterocycles. The van der Waals surface area contributed by atoms with Crippen LogP contribution in [0, 0.1) is 0 Å². The Morgan fingerprint density at radius 2 is 1.76 bits per heavy atom. The van der Waals surface area contributed by atoms with Crippen molar-refractivity contribution in [2.45, 2.75) is 39.3 Å². The van der Waals surface area contributed by atoms with Crippen LogP contribution < -0.4 is 10.2 Å². The fourth-order valence-electron chi connectivity index (χ4n) is 2.40. The quantitative estimate of drug-likeness (QED) is 0.896. The Kier molecular flexibility index (Phi) is 4.77. The zero-order valence-electron chi connectivity index (χ0n) is 13.3. The molecule has 1 fully saturated rings. The molecule has 21 heavy (non-hydrogen) atoms. The number of anilines is 1. The molecule has 1 aliphatic rings. The van der Waals surface area contributed by atoms with E-state index < -0.39 is 0 Å². The Morgan fingerprint density at radius 3 is 2.29 bits per heavy atom. The van der Waals surface area contributed by atoms with Crippen molar-refractivity contribution in [1.82, 2.24) is 20.2 Å². The van der Waals surface area contributed by atoms with Crippen molar-refractivity contribution in [3.05, 3.63) is 18.5 Å². The highest BCUT2D eigenvalue weighted by molar-refractivity contribution is 5.82. The third-order valence-electron chi connectivity index (χ3n) is 3.57. The average molecular weight is 291 g/mol. The van der Waals surface area contributed by atoms with Crippen LogP contribution in [0.5, 0.6) is 0 Å². The molecule has 0 aromatic carbocycles. The molecule has 6 nitrogen and oxygen atoms in total. The Balaban J connectivity index is 1.87. The maximum Gasteiger partial charge on any atom is 0.237 e. The van der Waals surface area contributed by atoms with Crippen LogP contribution in [-0.2, 0) is 4.79 Å². The Hall–Kier alpha value is -1.69. The number of carbonyl (C=O) groups excluding carboxylic acids is 1. The normalized spacial score (nSPS) is 18.4. The lowest BCUT2D eigenvalue weighted by Gasteiger charge is -2.38. The van der Waals surface area contributed by atoms with E-state index in [2.05, 4.69) is 25.1 Å². The van der Waals surface area contributed by atoms with Crippen molar-refractivity contribution in [2.24, 2.45) is 0 Å². The molecule has 1 atom stereocenters. The van der Waals surface area contributed by atoms with Gasteiger partial charge >= 0.3 is 0 Å². The van der Waals surface area contributed by atoms with Crippen molar-refractivity contribution >= 4 is 11.9 Å². The van der Waals surface area contributed by atoms with Crippen LogP contribution in [0.2, 0.25) is 0 Å². The summed E-state index contributed by atoms with van der Waals surface area (Å²) in [7, 11) is 0. The molecule has 1 aromatic rings. The Bertz CT molecular complexity index is 463. The molecule has 0 bridgehead atoms. The summed E-state index contributed by atoms with van der Waals surface area (Å²) < 4.78 is 0. The van der Waals surface area contributed by atoms with Gasteiger partial charge in [0.2, 0.25) is 11.9 Å². The second-order valence-corrected chi connectivity index (χ2v) is 6.49. The fraction of sp³-hybridized carbons (Fsp3) is 0.667. The highest BCUT2D eigenvalue weighted by Crippen LogP contribution is 2.12. The van der Waals surface area contributed by atoms with Gasteiger partial charge in [0.25, 0.3) is 0 Å². The van der Waals surface area contributed by atoms with Crippen LogP contribution in [0.15, 0.2) is 18.5 Å². The smallest absolute Gasteiger partial charge is 0.237 e. The molecule has 2 heterocycles. The molecule has 0 saturated carbocycles. The third-order valence-corrected chi connectivity index (χ3v) is 3.57. The van der Waals surface area contributed by atoms with Crippen molar-refractivity contribution in [2.75, 3.05) is 31.1 Å². The molecule has 0 spiro atoms. The minimum Gasteiger partial charge on any atom is -0.350 e. The van der Waals surface area contributed by atoms with Crippen molar-refractivity contribution in [1.29, 1.82) is 0 Å². The Labute approximate surface area is 126 Å². The lowest BCUT2D eigenvalue weighted by Crippen LogP contribution is -2.56. The van der Waals surface area contributed by atoms with E-state index in [-0.39, 0.29) is 17.5 Å². The summed E-state index contributed by atoms with van der Waals surface area (Å²) in [6, 6.07) is 1.71. The molecule has 1 aromatic heterocycles. The van der Waals surface area contributed by atoms with Crippen molar-refractivity contribution in [3.8, 4) is 0 Å². The van der Waals surface area contributed by atoms with Crippen molar-refractivity contribution < 1.29 is 4.79 Å². The number of piperazine rings is 1. The molecule has 1 N–H and O–H groups in total. The lowest BCUT2D eigenvalue weighted by molar-refractivity contribution is -0.127. The van der Waals surface area contributed by atoms with Gasteiger partial charge in [-0.2, -0.15) is 0 Å². The number of rotatable bonds is 3. The lowest BCUT2D eigenvalue weighted by atomic mass is 10.1. The van der Waals surface area contributed by atoms with Gasteiger partial charge in [0.1, 0.15) is 0 Å². The molecule has 6 heteroatoms. The molecule has 1 amide bonds. The van der Waals surface area contributed by atoms with Gasteiger partial charge in [0.15, 0.2) is 0 Å². The largest absolute Gasteiger partial charge is 0.350 e. The molecule has 0 unspecified atom stereocenters. The number of hydrogen-bond donors (Lipinski definition) is 1. The van der Waals surface area contributed by atoms with E-state index in [4.69, 9.17) is 0 Å². The zero-order chi connectivity index (χ0) is 15.5.